The van der Waals surface area contributed by atoms with Gasteiger partial charge in [-0.1, -0.05) is 29.8 Å². The summed E-state index contributed by atoms with van der Waals surface area (Å²) in [7, 11) is 1.52. The number of nitrogens with one attached hydrogen (secondary N) is 3. The number of aryl methyl sites for hydroxylation is 1. The summed E-state index contributed by atoms with van der Waals surface area (Å²) in [6, 6.07) is 10.8. The summed E-state index contributed by atoms with van der Waals surface area (Å²) in [6.07, 6.45) is -3.76. The number of amides is 4. The summed E-state index contributed by atoms with van der Waals surface area (Å²) < 4.78 is 5.10. The molecule has 2 aromatic carbocycles. The fraction of sp³-hybridized carbons (Fsp3) is 0.400. The smallest absolute Gasteiger partial charge is 0.319 e. The van der Waals surface area contributed by atoms with Crippen LogP contribution in [0.3, 0.4) is 0 Å². The number of aliphatic hydroxyl groups is 3. The summed E-state index contributed by atoms with van der Waals surface area (Å²) in [4.78, 5) is 37.5. The SMILES string of the molecule is COc1ccc(C[C@H](NC(=O)[C@@]2(O)C[C@@H](O)[C@H](O)[C@H](NC(=O)Nc3ccc(C)cc3)C2)C(N)=O)cc1. The summed E-state index contributed by atoms with van der Waals surface area (Å²) in [5.74, 6) is -1.14. The Hall–Kier alpha value is -3.67. The second kappa shape index (κ2) is 11.4. The number of benzene rings is 2. The first-order valence-corrected chi connectivity index (χ1v) is 11.5. The van der Waals surface area contributed by atoms with Gasteiger partial charge in [0.05, 0.1) is 19.3 Å². The maximum absolute atomic E-state index is 13.0. The Balaban J connectivity index is 1.67. The van der Waals surface area contributed by atoms with Gasteiger partial charge < -0.3 is 41.7 Å². The molecule has 0 unspecified atom stereocenters. The zero-order chi connectivity index (χ0) is 26.5. The van der Waals surface area contributed by atoms with Crippen LogP contribution in [0.4, 0.5) is 10.5 Å². The molecule has 0 bridgehead atoms. The van der Waals surface area contributed by atoms with Crippen molar-refractivity contribution in [2.24, 2.45) is 5.73 Å². The number of urea groups is 1. The summed E-state index contributed by atoms with van der Waals surface area (Å²) in [5, 5.41) is 39.3. The fourth-order valence-corrected chi connectivity index (χ4v) is 4.11. The molecule has 0 heterocycles. The van der Waals surface area contributed by atoms with E-state index in [4.69, 9.17) is 10.5 Å². The Labute approximate surface area is 208 Å². The third-order valence-electron chi connectivity index (χ3n) is 6.21. The quantitative estimate of drug-likeness (QED) is 0.265. The maximum atomic E-state index is 13.0. The van der Waals surface area contributed by atoms with E-state index in [9.17, 15) is 29.7 Å². The minimum Gasteiger partial charge on any atom is -0.497 e. The molecule has 194 valence electrons. The highest BCUT2D eigenvalue weighted by Crippen LogP contribution is 2.30. The van der Waals surface area contributed by atoms with Crippen LogP contribution in [0.5, 0.6) is 5.75 Å². The van der Waals surface area contributed by atoms with Crippen molar-refractivity contribution in [1.29, 1.82) is 0 Å². The van der Waals surface area contributed by atoms with Gasteiger partial charge >= 0.3 is 6.03 Å². The molecule has 8 N–H and O–H groups in total. The largest absolute Gasteiger partial charge is 0.497 e. The van der Waals surface area contributed by atoms with Crippen LogP contribution in [-0.4, -0.2) is 70.2 Å². The van der Waals surface area contributed by atoms with Crippen molar-refractivity contribution in [3.63, 3.8) is 0 Å². The minimum absolute atomic E-state index is 0.0625. The number of anilines is 1. The first kappa shape index (κ1) is 26.9. The topological polar surface area (TPSA) is 183 Å². The number of hydrogen-bond donors (Lipinski definition) is 7. The van der Waals surface area contributed by atoms with Crippen molar-refractivity contribution < 1.29 is 34.4 Å². The molecule has 0 spiro atoms. The maximum Gasteiger partial charge on any atom is 0.319 e. The van der Waals surface area contributed by atoms with Gasteiger partial charge in [0.25, 0.3) is 5.91 Å². The molecule has 1 aliphatic rings. The first-order chi connectivity index (χ1) is 17.0. The zero-order valence-electron chi connectivity index (χ0n) is 20.1. The molecule has 4 amide bonds. The van der Waals surface area contributed by atoms with Crippen LogP contribution in [0.25, 0.3) is 0 Å². The highest BCUT2D eigenvalue weighted by Gasteiger charge is 2.49. The normalized spacial score (nSPS) is 24.3. The van der Waals surface area contributed by atoms with E-state index in [0.29, 0.717) is 17.0 Å². The molecule has 0 saturated heterocycles. The zero-order valence-corrected chi connectivity index (χ0v) is 20.1. The monoisotopic (exact) mass is 500 g/mol. The van der Waals surface area contributed by atoms with Gasteiger partial charge in [0, 0.05) is 24.9 Å². The average molecular weight is 501 g/mol. The molecule has 36 heavy (non-hydrogen) atoms. The lowest BCUT2D eigenvalue weighted by atomic mass is 9.77. The van der Waals surface area contributed by atoms with Crippen molar-refractivity contribution >= 4 is 23.5 Å². The third-order valence-corrected chi connectivity index (χ3v) is 6.21. The van der Waals surface area contributed by atoms with Gasteiger partial charge in [0.15, 0.2) is 0 Å². The molecule has 11 heteroatoms. The number of carbonyl (C=O) groups is 3. The fourth-order valence-electron chi connectivity index (χ4n) is 4.11. The number of methoxy groups -OCH3 is 1. The van der Waals surface area contributed by atoms with Crippen LogP contribution in [0, 0.1) is 6.92 Å². The van der Waals surface area contributed by atoms with Gasteiger partial charge in [0.1, 0.15) is 23.5 Å². The van der Waals surface area contributed by atoms with Crippen LogP contribution in [0.15, 0.2) is 48.5 Å². The summed E-state index contributed by atoms with van der Waals surface area (Å²) in [6.45, 7) is 1.90. The van der Waals surface area contributed by atoms with E-state index in [1.807, 2.05) is 6.92 Å². The molecule has 5 atom stereocenters. The van der Waals surface area contributed by atoms with E-state index in [1.54, 1.807) is 48.5 Å². The third kappa shape index (κ3) is 6.72. The Morgan fingerprint density at radius 2 is 1.72 bits per heavy atom. The molecule has 3 rings (SSSR count). The number of rotatable bonds is 8. The van der Waals surface area contributed by atoms with Crippen LogP contribution >= 0.6 is 0 Å². The lowest BCUT2D eigenvalue weighted by Gasteiger charge is -2.41. The molecular formula is C25H32N4O7. The van der Waals surface area contributed by atoms with Crippen LogP contribution in [-0.2, 0) is 16.0 Å². The molecule has 2 aromatic rings. The van der Waals surface area contributed by atoms with Gasteiger partial charge in [-0.15, -0.1) is 0 Å². The van der Waals surface area contributed by atoms with Crippen molar-refractivity contribution in [2.75, 3.05) is 12.4 Å². The minimum atomic E-state index is -2.17. The standard InChI is InChI=1S/C25H32N4O7/c1-14-3-7-16(8-4-14)27-24(34)29-19-12-25(35,13-20(30)21(19)31)23(33)28-18(22(26)32)11-15-5-9-17(36-2)10-6-15/h3-10,18-21,30-31,35H,11-13H2,1-2H3,(H2,26,32)(H,28,33)(H2,27,29,34)/t18-,19+,20+,21+,25-/m0/s1. The Morgan fingerprint density at radius 1 is 1.08 bits per heavy atom. The molecule has 11 nitrogen and oxygen atoms in total. The number of ether oxygens (including phenoxy) is 1. The summed E-state index contributed by atoms with van der Waals surface area (Å²) >= 11 is 0. The van der Waals surface area contributed by atoms with Crippen LogP contribution in [0.2, 0.25) is 0 Å². The highest BCUT2D eigenvalue weighted by molar-refractivity contribution is 5.92. The Kier molecular flexibility index (Phi) is 8.51. The van der Waals surface area contributed by atoms with Gasteiger partial charge in [0.2, 0.25) is 5.91 Å². The van der Waals surface area contributed by atoms with Crippen molar-refractivity contribution in [2.45, 2.75) is 56.1 Å². The van der Waals surface area contributed by atoms with Crippen molar-refractivity contribution in [3.8, 4) is 5.75 Å². The van der Waals surface area contributed by atoms with E-state index >= 15 is 0 Å². The van der Waals surface area contributed by atoms with E-state index in [-0.39, 0.29) is 6.42 Å². The number of hydrogen-bond acceptors (Lipinski definition) is 7. The van der Waals surface area contributed by atoms with Crippen molar-refractivity contribution in [3.05, 3.63) is 59.7 Å². The van der Waals surface area contributed by atoms with Crippen molar-refractivity contribution in [1.82, 2.24) is 10.6 Å². The second-order valence-corrected chi connectivity index (χ2v) is 9.05. The molecular weight excluding hydrogens is 468 g/mol. The highest BCUT2D eigenvalue weighted by atomic mass is 16.5. The Morgan fingerprint density at radius 3 is 2.31 bits per heavy atom. The number of aliphatic hydroxyl groups excluding tert-OH is 2. The van der Waals surface area contributed by atoms with Gasteiger partial charge in [-0.25, -0.2) is 4.79 Å². The van der Waals surface area contributed by atoms with E-state index in [2.05, 4.69) is 16.0 Å². The molecule has 1 saturated carbocycles. The van der Waals surface area contributed by atoms with Gasteiger partial charge in [-0.2, -0.15) is 0 Å². The predicted molar refractivity (Wildman–Crippen MR) is 131 cm³/mol. The number of carbonyl (C=O) groups excluding carboxylic acids is 3. The lowest BCUT2D eigenvalue weighted by Crippen LogP contribution is -2.64. The number of primary amides is 1. The lowest BCUT2D eigenvalue weighted by molar-refractivity contribution is -0.158. The Bertz CT molecular complexity index is 1080. The molecule has 1 aliphatic carbocycles. The van der Waals surface area contributed by atoms with E-state index in [1.165, 1.54) is 7.11 Å². The number of nitrogens with two attached hydrogens (primary N) is 1. The van der Waals surface area contributed by atoms with E-state index < -0.39 is 60.6 Å². The van der Waals surface area contributed by atoms with E-state index in [0.717, 1.165) is 5.56 Å². The summed E-state index contributed by atoms with van der Waals surface area (Å²) in [5.41, 5.74) is 5.50. The molecule has 0 radical (unpaired) electrons. The molecule has 1 fully saturated rings. The van der Waals surface area contributed by atoms with Gasteiger partial charge in [-0.3, -0.25) is 9.59 Å². The van der Waals surface area contributed by atoms with Crippen LogP contribution < -0.4 is 26.4 Å². The van der Waals surface area contributed by atoms with Crippen LogP contribution in [0.1, 0.15) is 24.0 Å². The first-order valence-electron chi connectivity index (χ1n) is 11.5. The average Bonchev–Trinajstić information content (AvgIpc) is 2.83. The second-order valence-electron chi connectivity index (χ2n) is 9.05. The molecule has 0 aromatic heterocycles. The molecule has 0 aliphatic heterocycles. The predicted octanol–water partition coefficient (Wildman–Crippen LogP) is -0.0468. The van der Waals surface area contributed by atoms with Gasteiger partial charge in [-0.05, 0) is 36.8 Å².